The van der Waals surface area contributed by atoms with Gasteiger partial charge in [0.05, 0.1) is 17.8 Å². The molecule has 0 amide bonds. The molecule has 0 spiro atoms. The minimum atomic E-state index is -0.125. The van der Waals surface area contributed by atoms with E-state index >= 15 is 0 Å². The van der Waals surface area contributed by atoms with E-state index in [-0.39, 0.29) is 17.5 Å². The molecule has 6 heteroatoms. The fraction of sp³-hybridized carbons (Fsp3) is 0.417. The summed E-state index contributed by atoms with van der Waals surface area (Å²) in [5.41, 5.74) is 0.790. The third-order valence-electron chi connectivity index (χ3n) is 3.14. The number of aromatic nitrogens is 3. The molecular weight excluding hydrogens is 232 g/mol. The molecule has 1 atom stereocenters. The number of hydrogen-bond acceptors (Lipinski definition) is 5. The number of fused-ring (bicyclic) bond motifs is 1. The normalized spacial score (nSPS) is 19.8. The average molecular weight is 244 g/mol. The van der Waals surface area contributed by atoms with Crippen LogP contribution < -0.4 is 0 Å². The smallest absolute Gasteiger partial charge is 0.162 e. The van der Waals surface area contributed by atoms with Crippen LogP contribution in [0.4, 0.5) is 0 Å². The standard InChI is InChI=1S/C12H12N4O2/c13-5-8-9-6-15-16(11-3-1-2-4-18-11)12(9)14-7-10(8)17/h6-7,11,17H,1-4H2. The van der Waals surface area contributed by atoms with E-state index < -0.39 is 0 Å². The molecule has 18 heavy (non-hydrogen) atoms. The Morgan fingerprint density at radius 3 is 3.06 bits per heavy atom. The van der Waals surface area contributed by atoms with E-state index in [0.717, 1.165) is 25.9 Å². The second-order valence-electron chi connectivity index (χ2n) is 4.28. The molecule has 3 heterocycles. The highest BCUT2D eigenvalue weighted by Gasteiger charge is 2.21. The van der Waals surface area contributed by atoms with Gasteiger partial charge in [-0.2, -0.15) is 10.4 Å². The van der Waals surface area contributed by atoms with Crippen molar-refractivity contribution >= 4 is 11.0 Å². The van der Waals surface area contributed by atoms with Crippen molar-refractivity contribution in [1.82, 2.24) is 14.8 Å². The van der Waals surface area contributed by atoms with Gasteiger partial charge in [-0.3, -0.25) is 0 Å². The van der Waals surface area contributed by atoms with Gasteiger partial charge in [0.15, 0.2) is 17.6 Å². The SMILES string of the molecule is N#Cc1c(O)cnc2c1cnn2C1CCCCO1. The lowest BCUT2D eigenvalue weighted by atomic mass is 10.2. The lowest BCUT2D eigenvalue weighted by Crippen LogP contribution is -2.19. The van der Waals surface area contributed by atoms with Gasteiger partial charge in [0.25, 0.3) is 0 Å². The van der Waals surface area contributed by atoms with E-state index in [1.807, 2.05) is 6.07 Å². The Kier molecular flexibility index (Phi) is 2.61. The van der Waals surface area contributed by atoms with E-state index in [0.29, 0.717) is 11.0 Å². The predicted molar refractivity (Wildman–Crippen MR) is 62.7 cm³/mol. The molecule has 92 valence electrons. The number of nitriles is 1. The summed E-state index contributed by atoms with van der Waals surface area (Å²) < 4.78 is 7.34. The molecule has 1 saturated heterocycles. The molecule has 0 aliphatic carbocycles. The van der Waals surface area contributed by atoms with Crippen LogP contribution in [0.15, 0.2) is 12.4 Å². The molecule has 0 saturated carbocycles. The summed E-state index contributed by atoms with van der Waals surface area (Å²) in [6.07, 6.45) is 5.75. The summed E-state index contributed by atoms with van der Waals surface area (Å²) in [6, 6.07) is 1.97. The Morgan fingerprint density at radius 2 is 2.33 bits per heavy atom. The van der Waals surface area contributed by atoms with Crippen molar-refractivity contribution in [2.75, 3.05) is 6.61 Å². The van der Waals surface area contributed by atoms with Crippen LogP contribution >= 0.6 is 0 Å². The summed E-state index contributed by atoms with van der Waals surface area (Å²) in [6.45, 7) is 0.717. The van der Waals surface area contributed by atoms with Crippen LogP contribution in [0.2, 0.25) is 0 Å². The summed E-state index contributed by atoms with van der Waals surface area (Å²) in [7, 11) is 0. The van der Waals surface area contributed by atoms with Crippen LogP contribution in [0.25, 0.3) is 11.0 Å². The summed E-state index contributed by atoms with van der Waals surface area (Å²) >= 11 is 0. The maximum Gasteiger partial charge on any atom is 0.162 e. The first-order chi connectivity index (χ1) is 8.81. The average Bonchev–Trinajstić information content (AvgIpc) is 2.83. The van der Waals surface area contributed by atoms with Gasteiger partial charge in [0.2, 0.25) is 0 Å². The van der Waals surface area contributed by atoms with Crippen LogP contribution in [-0.2, 0) is 4.74 Å². The van der Waals surface area contributed by atoms with Gasteiger partial charge >= 0.3 is 0 Å². The summed E-state index contributed by atoms with van der Waals surface area (Å²) in [4.78, 5) is 4.14. The summed E-state index contributed by atoms with van der Waals surface area (Å²) in [5.74, 6) is -0.117. The maximum atomic E-state index is 9.57. The highest BCUT2D eigenvalue weighted by atomic mass is 16.5. The Bertz CT molecular complexity index is 623. The molecule has 0 bridgehead atoms. The Labute approximate surface area is 103 Å². The highest BCUT2D eigenvalue weighted by Crippen LogP contribution is 2.29. The molecule has 1 fully saturated rings. The predicted octanol–water partition coefficient (Wildman–Crippen LogP) is 1.71. The first-order valence-electron chi connectivity index (χ1n) is 5.88. The second kappa shape index (κ2) is 4.27. The number of ether oxygens (including phenoxy) is 1. The van der Waals surface area contributed by atoms with Gasteiger partial charge < -0.3 is 9.84 Å². The zero-order valence-electron chi connectivity index (χ0n) is 9.70. The Hall–Kier alpha value is -2.13. The van der Waals surface area contributed by atoms with Gasteiger partial charge in [-0.25, -0.2) is 9.67 Å². The quantitative estimate of drug-likeness (QED) is 0.825. The van der Waals surface area contributed by atoms with Crippen LogP contribution in [0.5, 0.6) is 5.75 Å². The maximum absolute atomic E-state index is 9.57. The summed E-state index contributed by atoms with van der Waals surface area (Å²) in [5, 5.41) is 23.4. The number of nitrogens with zero attached hydrogens (tertiary/aromatic N) is 4. The van der Waals surface area contributed by atoms with Gasteiger partial charge in [0.1, 0.15) is 11.6 Å². The molecule has 2 aromatic rings. The van der Waals surface area contributed by atoms with Gasteiger partial charge in [-0.1, -0.05) is 0 Å². The number of aromatic hydroxyl groups is 1. The molecule has 1 unspecified atom stereocenters. The van der Waals surface area contributed by atoms with Crippen molar-refractivity contribution in [3.8, 4) is 11.8 Å². The number of hydrogen-bond donors (Lipinski definition) is 1. The fourth-order valence-electron chi connectivity index (χ4n) is 2.23. The molecule has 3 rings (SSSR count). The first-order valence-corrected chi connectivity index (χ1v) is 5.88. The van der Waals surface area contributed by atoms with E-state index in [4.69, 9.17) is 10.00 Å². The van der Waals surface area contributed by atoms with Crippen molar-refractivity contribution in [3.05, 3.63) is 18.0 Å². The minimum absolute atomic E-state index is 0.117. The van der Waals surface area contributed by atoms with Gasteiger partial charge in [-0.15, -0.1) is 0 Å². The number of pyridine rings is 1. The zero-order chi connectivity index (χ0) is 12.5. The van der Waals surface area contributed by atoms with E-state index in [2.05, 4.69) is 10.1 Å². The van der Waals surface area contributed by atoms with Crippen molar-refractivity contribution in [3.63, 3.8) is 0 Å². The fourth-order valence-corrected chi connectivity index (χ4v) is 2.23. The van der Waals surface area contributed by atoms with Gasteiger partial charge in [-0.05, 0) is 19.3 Å². The van der Waals surface area contributed by atoms with Crippen LogP contribution in [0, 0.1) is 11.3 Å². The Balaban J connectivity index is 2.12. The highest BCUT2D eigenvalue weighted by molar-refractivity contribution is 5.83. The lowest BCUT2D eigenvalue weighted by Gasteiger charge is -2.22. The largest absolute Gasteiger partial charge is 0.505 e. The topological polar surface area (TPSA) is 84.0 Å². The van der Waals surface area contributed by atoms with E-state index in [1.165, 1.54) is 6.20 Å². The Morgan fingerprint density at radius 1 is 1.44 bits per heavy atom. The van der Waals surface area contributed by atoms with E-state index in [9.17, 15) is 5.11 Å². The van der Waals surface area contributed by atoms with Crippen LogP contribution in [0.3, 0.4) is 0 Å². The van der Waals surface area contributed by atoms with Crippen molar-refractivity contribution < 1.29 is 9.84 Å². The molecule has 2 aromatic heterocycles. The molecule has 6 nitrogen and oxygen atoms in total. The van der Waals surface area contributed by atoms with Crippen molar-refractivity contribution in [2.45, 2.75) is 25.5 Å². The second-order valence-corrected chi connectivity index (χ2v) is 4.28. The third-order valence-corrected chi connectivity index (χ3v) is 3.14. The molecular formula is C12H12N4O2. The zero-order valence-corrected chi connectivity index (χ0v) is 9.70. The van der Waals surface area contributed by atoms with E-state index in [1.54, 1.807) is 10.9 Å². The first kappa shape index (κ1) is 11.0. The molecule has 0 radical (unpaired) electrons. The van der Waals surface area contributed by atoms with Crippen molar-refractivity contribution in [1.29, 1.82) is 5.26 Å². The minimum Gasteiger partial charge on any atom is -0.505 e. The van der Waals surface area contributed by atoms with Crippen LogP contribution in [-0.4, -0.2) is 26.5 Å². The molecule has 0 aromatic carbocycles. The third kappa shape index (κ3) is 1.60. The van der Waals surface area contributed by atoms with Crippen molar-refractivity contribution in [2.24, 2.45) is 0 Å². The molecule has 1 N–H and O–H groups in total. The molecule has 1 aliphatic rings. The lowest BCUT2D eigenvalue weighted by molar-refractivity contribution is -0.0370. The van der Waals surface area contributed by atoms with Crippen LogP contribution in [0.1, 0.15) is 31.1 Å². The molecule has 1 aliphatic heterocycles. The number of rotatable bonds is 1. The monoisotopic (exact) mass is 244 g/mol. The van der Waals surface area contributed by atoms with Gasteiger partial charge in [0, 0.05) is 6.61 Å².